The van der Waals surface area contributed by atoms with Crippen LogP contribution in [-0.2, 0) is 6.54 Å². The van der Waals surface area contributed by atoms with Gasteiger partial charge in [0.25, 0.3) is 5.69 Å². The molecule has 0 aliphatic rings. The molecule has 1 aromatic heterocycles. The van der Waals surface area contributed by atoms with Gasteiger partial charge in [0.2, 0.25) is 0 Å². The summed E-state index contributed by atoms with van der Waals surface area (Å²) in [6.45, 7) is 0.312. The van der Waals surface area contributed by atoms with E-state index in [-0.39, 0.29) is 17.0 Å². The van der Waals surface area contributed by atoms with Crippen molar-refractivity contribution in [3.63, 3.8) is 0 Å². The maximum absolute atomic E-state index is 13.2. The molecule has 0 saturated heterocycles. The Morgan fingerprint density at radius 1 is 1.19 bits per heavy atom. The smallest absolute Gasteiger partial charge is 0.283 e. The van der Waals surface area contributed by atoms with Crippen LogP contribution >= 0.6 is 23.2 Å². The zero-order valence-electron chi connectivity index (χ0n) is 13.7. The standard InChI is InChI=1S/C18H12Cl2FN3O3/c19-15-2-1-3-16(20)14(15)10-23-22-9-12-5-7-18(27-12)13-6-4-11(21)8-17(13)24(25)26/h1-9,23H,10H2/b22-9+. The van der Waals surface area contributed by atoms with Gasteiger partial charge in [0.15, 0.2) is 0 Å². The first-order valence-electron chi connectivity index (χ1n) is 7.68. The number of furan rings is 1. The molecule has 1 heterocycles. The molecule has 2 aromatic carbocycles. The molecule has 0 unspecified atom stereocenters. The molecular formula is C18H12Cl2FN3O3. The van der Waals surface area contributed by atoms with Crippen molar-refractivity contribution in [2.45, 2.75) is 6.54 Å². The Labute approximate surface area is 163 Å². The zero-order valence-corrected chi connectivity index (χ0v) is 15.2. The molecule has 138 valence electrons. The molecular weight excluding hydrogens is 396 g/mol. The lowest BCUT2D eigenvalue weighted by atomic mass is 10.1. The van der Waals surface area contributed by atoms with Crippen LogP contribution in [0, 0.1) is 15.9 Å². The van der Waals surface area contributed by atoms with Gasteiger partial charge in [0.1, 0.15) is 17.3 Å². The van der Waals surface area contributed by atoms with Gasteiger partial charge < -0.3 is 9.84 Å². The second-order valence-electron chi connectivity index (χ2n) is 5.41. The minimum atomic E-state index is -0.693. The van der Waals surface area contributed by atoms with Crippen molar-refractivity contribution in [1.82, 2.24) is 5.43 Å². The molecule has 0 atom stereocenters. The van der Waals surface area contributed by atoms with Crippen molar-refractivity contribution in [2.75, 3.05) is 0 Å². The van der Waals surface area contributed by atoms with E-state index in [1.54, 1.807) is 30.3 Å². The Bertz CT molecular complexity index is 1000. The maximum Gasteiger partial charge on any atom is 0.283 e. The van der Waals surface area contributed by atoms with Crippen LogP contribution in [0.4, 0.5) is 10.1 Å². The third kappa shape index (κ3) is 4.45. The average Bonchev–Trinajstić information content (AvgIpc) is 3.09. The lowest BCUT2D eigenvalue weighted by Gasteiger charge is -2.05. The number of hydrazone groups is 1. The number of nitrogens with one attached hydrogen (secondary N) is 1. The fourth-order valence-electron chi connectivity index (χ4n) is 2.37. The lowest BCUT2D eigenvalue weighted by Crippen LogP contribution is -2.06. The van der Waals surface area contributed by atoms with Gasteiger partial charge in [-0.3, -0.25) is 10.1 Å². The summed E-state index contributed by atoms with van der Waals surface area (Å²) in [6, 6.07) is 11.6. The van der Waals surface area contributed by atoms with Crippen LogP contribution in [0.2, 0.25) is 10.0 Å². The lowest BCUT2D eigenvalue weighted by molar-refractivity contribution is -0.384. The van der Waals surface area contributed by atoms with Crippen LogP contribution in [0.5, 0.6) is 0 Å². The van der Waals surface area contributed by atoms with Crippen LogP contribution < -0.4 is 5.43 Å². The molecule has 9 heteroatoms. The quantitative estimate of drug-likeness (QED) is 0.335. The SMILES string of the molecule is O=[N+]([O-])c1cc(F)ccc1-c1ccc(/C=N/NCc2c(Cl)cccc2Cl)o1. The van der Waals surface area contributed by atoms with Crippen LogP contribution in [0.1, 0.15) is 11.3 Å². The summed E-state index contributed by atoms with van der Waals surface area (Å²) < 4.78 is 18.8. The summed E-state index contributed by atoms with van der Waals surface area (Å²) in [5, 5.41) is 16.2. The van der Waals surface area contributed by atoms with Gasteiger partial charge in [-0.2, -0.15) is 5.10 Å². The van der Waals surface area contributed by atoms with E-state index in [4.69, 9.17) is 27.6 Å². The minimum absolute atomic E-state index is 0.178. The summed E-state index contributed by atoms with van der Waals surface area (Å²) >= 11 is 12.1. The number of halogens is 3. The molecule has 0 aliphatic heterocycles. The topological polar surface area (TPSA) is 80.7 Å². The normalized spacial score (nSPS) is 11.1. The number of hydrogen-bond acceptors (Lipinski definition) is 5. The van der Waals surface area contributed by atoms with Crippen molar-refractivity contribution in [3.8, 4) is 11.3 Å². The van der Waals surface area contributed by atoms with E-state index in [0.717, 1.165) is 12.1 Å². The number of benzene rings is 2. The fraction of sp³-hybridized carbons (Fsp3) is 0.0556. The van der Waals surface area contributed by atoms with Gasteiger partial charge >= 0.3 is 0 Å². The monoisotopic (exact) mass is 407 g/mol. The minimum Gasteiger partial charge on any atom is -0.455 e. The van der Waals surface area contributed by atoms with Crippen molar-refractivity contribution in [1.29, 1.82) is 0 Å². The predicted octanol–water partition coefficient (Wildman–Crippen LogP) is 5.42. The second-order valence-corrected chi connectivity index (χ2v) is 6.23. The van der Waals surface area contributed by atoms with Crippen LogP contribution in [0.3, 0.4) is 0 Å². The molecule has 3 rings (SSSR count). The van der Waals surface area contributed by atoms with Crippen molar-refractivity contribution >= 4 is 35.1 Å². The highest BCUT2D eigenvalue weighted by Gasteiger charge is 2.19. The van der Waals surface area contributed by atoms with E-state index in [0.29, 0.717) is 27.9 Å². The molecule has 0 spiro atoms. The number of hydrogen-bond donors (Lipinski definition) is 1. The Hall–Kier alpha value is -2.90. The second kappa shape index (κ2) is 8.20. The molecule has 0 fully saturated rings. The van der Waals surface area contributed by atoms with Gasteiger partial charge in [-0.15, -0.1) is 0 Å². The van der Waals surface area contributed by atoms with Crippen LogP contribution in [0.15, 0.2) is 58.0 Å². The number of nitro groups is 1. The molecule has 3 aromatic rings. The number of rotatable bonds is 6. The fourth-order valence-corrected chi connectivity index (χ4v) is 2.90. The maximum atomic E-state index is 13.2. The van der Waals surface area contributed by atoms with Crippen molar-refractivity contribution < 1.29 is 13.7 Å². The van der Waals surface area contributed by atoms with Gasteiger partial charge in [-0.25, -0.2) is 4.39 Å². The highest BCUT2D eigenvalue weighted by atomic mass is 35.5. The molecule has 0 radical (unpaired) electrons. The summed E-state index contributed by atoms with van der Waals surface area (Å²) in [5.41, 5.74) is 3.31. The predicted molar refractivity (Wildman–Crippen MR) is 102 cm³/mol. The highest BCUT2D eigenvalue weighted by molar-refractivity contribution is 6.35. The Balaban J connectivity index is 1.72. The first kappa shape index (κ1) is 18.9. The summed E-state index contributed by atoms with van der Waals surface area (Å²) in [5.74, 6) is -0.0973. The van der Waals surface area contributed by atoms with Crippen molar-refractivity contribution in [3.05, 3.63) is 85.8 Å². The average molecular weight is 408 g/mol. The molecule has 6 nitrogen and oxygen atoms in total. The third-order valence-corrected chi connectivity index (χ3v) is 4.36. The van der Waals surface area contributed by atoms with E-state index < -0.39 is 10.7 Å². The van der Waals surface area contributed by atoms with Gasteiger partial charge in [-0.1, -0.05) is 29.3 Å². The van der Waals surface area contributed by atoms with E-state index in [1.807, 2.05) is 0 Å². The summed E-state index contributed by atoms with van der Waals surface area (Å²) in [7, 11) is 0. The first-order valence-corrected chi connectivity index (χ1v) is 8.44. The van der Waals surface area contributed by atoms with Crippen LogP contribution in [-0.4, -0.2) is 11.1 Å². The molecule has 27 heavy (non-hydrogen) atoms. The van der Waals surface area contributed by atoms with Gasteiger partial charge in [0.05, 0.1) is 29.3 Å². The Morgan fingerprint density at radius 3 is 2.63 bits per heavy atom. The van der Waals surface area contributed by atoms with Crippen molar-refractivity contribution in [2.24, 2.45) is 5.10 Å². The Kier molecular flexibility index (Phi) is 5.73. The summed E-state index contributed by atoms with van der Waals surface area (Å²) in [6.07, 6.45) is 1.41. The van der Waals surface area contributed by atoms with E-state index in [1.165, 1.54) is 12.3 Å². The van der Waals surface area contributed by atoms with Crippen LogP contribution in [0.25, 0.3) is 11.3 Å². The molecule has 1 N–H and O–H groups in total. The Morgan fingerprint density at radius 2 is 1.93 bits per heavy atom. The summed E-state index contributed by atoms with van der Waals surface area (Å²) in [4.78, 5) is 10.4. The van der Waals surface area contributed by atoms with Gasteiger partial charge in [-0.05, 0) is 36.4 Å². The molecule has 0 amide bonds. The highest BCUT2D eigenvalue weighted by Crippen LogP contribution is 2.31. The molecule has 0 aliphatic carbocycles. The van der Waals surface area contributed by atoms with E-state index in [2.05, 4.69) is 10.5 Å². The third-order valence-electron chi connectivity index (χ3n) is 3.65. The molecule has 0 bridgehead atoms. The van der Waals surface area contributed by atoms with Gasteiger partial charge in [0, 0.05) is 15.6 Å². The number of nitrogens with zero attached hydrogens (tertiary/aromatic N) is 2. The number of nitro benzene ring substituents is 1. The largest absolute Gasteiger partial charge is 0.455 e. The molecule has 0 saturated carbocycles. The first-order chi connectivity index (χ1) is 13.0. The van der Waals surface area contributed by atoms with E-state index in [9.17, 15) is 14.5 Å². The van der Waals surface area contributed by atoms with E-state index >= 15 is 0 Å². The zero-order chi connectivity index (χ0) is 19.4.